The molecule has 0 radical (unpaired) electrons. The SMILES string of the molecule is COCCCCc1c(C(=O)N(CC(C)C)[C@@H]2CNC[C@H](C(O)C(C)C)C2)nnn1-c1ccccc1F. The van der Waals surface area contributed by atoms with Crippen molar-refractivity contribution in [3.63, 3.8) is 0 Å². The van der Waals surface area contributed by atoms with Crippen LogP contribution in [0.4, 0.5) is 4.39 Å². The van der Waals surface area contributed by atoms with E-state index in [2.05, 4.69) is 29.5 Å². The first-order chi connectivity index (χ1) is 17.2. The molecule has 0 bridgehead atoms. The van der Waals surface area contributed by atoms with Gasteiger partial charge in [-0.25, -0.2) is 9.07 Å². The number of ether oxygens (including phenoxy) is 1. The monoisotopic (exact) mass is 503 g/mol. The third kappa shape index (κ3) is 6.89. The van der Waals surface area contributed by atoms with Gasteiger partial charge in [-0.3, -0.25) is 4.79 Å². The summed E-state index contributed by atoms with van der Waals surface area (Å²) < 4.78 is 21.3. The molecule has 0 saturated carbocycles. The van der Waals surface area contributed by atoms with Crippen molar-refractivity contribution in [3.8, 4) is 5.69 Å². The normalized spacial score (nSPS) is 19.1. The van der Waals surface area contributed by atoms with Gasteiger partial charge in [0.25, 0.3) is 5.91 Å². The second kappa shape index (κ2) is 13.3. The topological polar surface area (TPSA) is 92.5 Å². The quantitative estimate of drug-likeness (QED) is 0.431. The minimum Gasteiger partial charge on any atom is -0.393 e. The smallest absolute Gasteiger partial charge is 0.276 e. The number of aliphatic hydroxyl groups is 1. The molecule has 1 saturated heterocycles. The highest BCUT2D eigenvalue weighted by atomic mass is 19.1. The molecule has 0 aliphatic carbocycles. The molecule has 2 aromatic rings. The summed E-state index contributed by atoms with van der Waals surface area (Å²) >= 11 is 0. The number of nitrogens with one attached hydrogen (secondary N) is 1. The fourth-order valence-corrected chi connectivity index (χ4v) is 4.97. The van der Waals surface area contributed by atoms with Gasteiger partial charge in [0.1, 0.15) is 11.5 Å². The van der Waals surface area contributed by atoms with Crippen molar-refractivity contribution in [2.24, 2.45) is 17.8 Å². The van der Waals surface area contributed by atoms with Gasteiger partial charge in [0.15, 0.2) is 5.69 Å². The van der Waals surface area contributed by atoms with Crippen LogP contribution >= 0.6 is 0 Å². The summed E-state index contributed by atoms with van der Waals surface area (Å²) in [7, 11) is 1.66. The van der Waals surface area contributed by atoms with E-state index in [-0.39, 0.29) is 41.1 Å². The third-order valence-corrected chi connectivity index (χ3v) is 6.85. The van der Waals surface area contributed by atoms with E-state index in [0.29, 0.717) is 31.8 Å². The van der Waals surface area contributed by atoms with E-state index >= 15 is 0 Å². The van der Waals surface area contributed by atoms with Crippen LogP contribution in [0.5, 0.6) is 0 Å². The number of unbranched alkanes of at least 4 members (excludes halogenated alkanes) is 1. The first-order valence-electron chi connectivity index (χ1n) is 13.1. The molecule has 1 aromatic heterocycles. The van der Waals surface area contributed by atoms with Gasteiger partial charge >= 0.3 is 0 Å². The van der Waals surface area contributed by atoms with Crippen molar-refractivity contribution in [1.29, 1.82) is 0 Å². The number of rotatable bonds is 12. The molecule has 3 atom stereocenters. The predicted octanol–water partition coefficient (Wildman–Crippen LogP) is 3.47. The van der Waals surface area contributed by atoms with Gasteiger partial charge in [0.2, 0.25) is 0 Å². The molecule has 1 aliphatic heterocycles. The zero-order valence-corrected chi connectivity index (χ0v) is 22.3. The largest absolute Gasteiger partial charge is 0.393 e. The van der Waals surface area contributed by atoms with Crippen molar-refractivity contribution in [1.82, 2.24) is 25.2 Å². The van der Waals surface area contributed by atoms with Gasteiger partial charge in [0.05, 0.1) is 11.8 Å². The summed E-state index contributed by atoms with van der Waals surface area (Å²) in [5.74, 6) is -0.158. The number of halogens is 1. The Kier molecular flexibility index (Phi) is 10.4. The molecule has 2 heterocycles. The minimum absolute atomic E-state index is 0.0637. The van der Waals surface area contributed by atoms with E-state index in [4.69, 9.17) is 4.74 Å². The summed E-state index contributed by atoms with van der Waals surface area (Å²) in [5, 5.41) is 22.7. The zero-order valence-electron chi connectivity index (χ0n) is 22.3. The number of nitrogens with zero attached hydrogens (tertiary/aromatic N) is 4. The highest BCUT2D eigenvalue weighted by molar-refractivity contribution is 5.93. The average molecular weight is 504 g/mol. The van der Waals surface area contributed by atoms with Crippen LogP contribution in [-0.4, -0.2) is 76.4 Å². The Hall–Kier alpha value is -2.36. The van der Waals surface area contributed by atoms with Crippen molar-refractivity contribution in [2.45, 2.75) is 65.5 Å². The lowest BCUT2D eigenvalue weighted by atomic mass is 9.85. The van der Waals surface area contributed by atoms with Crippen LogP contribution in [0.25, 0.3) is 5.69 Å². The predicted molar refractivity (Wildman–Crippen MR) is 138 cm³/mol. The van der Waals surface area contributed by atoms with Crippen molar-refractivity contribution >= 4 is 5.91 Å². The summed E-state index contributed by atoms with van der Waals surface area (Å²) in [4.78, 5) is 15.9. The fraction of sp³-hybridized carbons (Fsp3) is 0.667. The first-order valence-corrected chi connectivity index (χ1v) is 13.1. The lowest BCUT2D eigenvalue weighted by Crippen LogP contribution is -2.54. The van der Waals surface area contributed by atoms with Crippen molar-refractivity contribution < 1.29 is 19.0 Å². The lowest BCUT2D eigenvalue weighted by molar-refractivity contribution is 0.0230. The van der Waals surface area contributed by atoms with Gasteiger partial charge in [-0.2, -0.15) is 0 Å². The summed E-state index contributed by atoms with van der Waals surface area (Å²) in [6.07, 6.45) is 2.38. The van der Waals surface area contributed by atoms with E-state index in [1.807, 2.05) is 18.7 Å². The number of para-hydroxylation sites is 1. The van der Waals surface area contributed by atoms with Gasteiger partial charge in [-0.1, -0.05) is 45.0 Å². The molecule has 1 aliphatic rings. The standard InChI is InChI=1S/C27H42FN5O3/c1-18(2)17-32(21-14-20(15-29-16-21)26(34)19(3)4)27(35)25-24(12-8-9-13-36-5)33(31-30-25)23-11-7-6-10-22(23)28/h6-7,10-11,18-21,26,29,34H,8-9,12-17H2,1-5H3/t20-,21+,26?/m1/s1. The summed E-state index contributed by atoms with van der Waals surface area (Å²) in [6, 6.07) is 6.32. The minimum atomic E-state index is -0.436. The Morgan fingerprint density at radius 1 is 1.25 bits per heavy atom. The first kappa shape index (κ1) is 28.2. The van der Waals surface area contributed by atoms with E-state index < -0.39 is 11.9 Å². The molecule has 1 amide bonds. The molecule has 1 fully saturated rings. The maximum Gasteiger partial charge on any atom is 0.276 e. The molecule has 9 heteroatoms. The number of hydrogen-bond donors (Lipinski definition) is 2. The number of aromatic nitrogens is 3. The Balaban J connectivity index is 1.94. The average Bonchev–Trinajstić information content (AvgIpc) is 3.28. The second-order valence-electron chi connectivity index (χ2n) is 10.6. The number of carbonyl (C=O) groups is 1. The fourth-order valence-electron chi connectivity index (χ4n) is 4.97. The molecule has 8 nitrogen and oxygen atoms in total. The number of carbonyl (C=O) groups excluding carboxylic acids is 1. The van der Waals surface area contributed by atoms with Gasteiger partial charge in [0, 0.05) is 39.4 Å². The van der Waals surface area contributed by atoms with Crippen molar-refractivity contribution in [2.75, 3.05) is 33.4 Å². The molecule has 36 heavy (non-hydrogen) atoms. The van der Waals surface area contributed by atoms with Crippen LogP contribution in [0, 0.1) is 23.6 Å². The Bertz CT molecular complexity index is 980. The van der Waals surface area contributed by atoms with E-state index in [0.717, 1.165) is 25.8 Å². The Morgan fingerprint density at radius 2 is 2.00 bits per heavy atom. The molecule has 1 aromatic carbocycles. The summed E-state index contributed by atoms with van der Waals surface area (Å²) in [5.41, 5.74) is 1.15. The molecule has 3 rings (SSSR count). The van der Waals surface area contributed by atoms with Gasteiger partial charge in [-0.15, -0.1) is 5.10 Å². The molecular formula is C27H42FN5O3. The highest BCUT2D eigenvalue weighted by Crippen LogP contribution is 2.26. The molecule has 200 valence electrons. The van der Waals surface area contributed by atoms with Crippen LogP contribution in [0.2, 0.25) is 0 Å². The van der Waals surface area contributed by atoms with Crippen LogP contribution in [0.3, 0.4) is 0 Å². The highest BCUT2D eigenvalue weighted by Gasteiger charge is 2.36. The van der Waals surface area contributed by atoms with E-state index in [9.17, 15) is 14.3 Å². The van der Waals surface area contributed by atoms with Gasteiger partial charge < -0.3 is 20.1 Å². The molecule has 0 spiro atoms. The second-order valence-corrected chi connectivity index (χ2v) is 10.6. The molecule has 2 N–H and O–H groups in total. The van der Waals surface area contributed by atoms with Crippen LogP contribution in [0.15, 0.2) is 24.3 Å². The molecular weight excluding hydrogens is 461 g/mol. The summed E-state index contributed by atoms with van der Waals surface area (Å²) in [6.45, 7) is 10.8. The maximum atomic E-state index is 14.7. The lowest BCUT2D eigenvalue weighted by Gasteiger charge is -2.40. The van der Waals surface area contributed by atoms with E-state index in [1.165, 1.54) is 10.7 Å². The van der Waals surface area contributed by atoms with Crippen molar-refractivity contribution in [3.05, 3.63) is 41.5 Å². The third-order valence-electron chi connectivity index (χ3n) is 6.85. The number of hydrogen-bond acceptors (Lipinski definition) is 6. The molecule has 1 unspecified atom stereocenters. The van der Waals surface area contributed by atoms with E-state index in [1.54, 1.807) is 25.3 Å². The van der Waals surface area contributed by atoms with Crippen LogP contribution in [0.1, 0.15) is 63.1 Å². The number of piperidine rings is 1. The zero-order chi connectivity index (χ0) is 26.2. The Labute approximate surface area is 214 Å². The van der Waals surface area contributed by atoms with Crippen LogP contribution < -0.4 is 5.32 Å². The van der Waals surface area contributed by atoms with Crippen LogP contribution in [-0.2, 0) is 11.2 Å². The number of amides is 1. The maximum absolute atomic E-state index is 14.7. The number of benzene rings is 1. The number of methoxy groups -OCH3 is 1. The Morgan fingerprint density at radius 3 is 2.67 bits per heavy atom. The number of aliphatic hydroxyl groups excluding tert-OH is 1. The van der Waals surface area contributed by atoms with Gasteiger partial charge in [-0.05, 0) is 55.6 Å².